The molecule has 0 bridgehead atoms. The van der Waals surface area contributed by atoms with Gasteiger partial charge in [0.2, 0.25) is 0 Å². The summed E-state index contributed by atoms with van der Waals surface area (Å²) in [6, 6.07) is 8.75. The maximum atomic E-state index is 2.28. The van der Waals surface area contributed by atoms with Crippen molar-refractivity contribution in [2.45, 2.75) is 27.2 Å². The maximum Gasteiger partial charge on any atom is -0.00526 e. The van der Waals surface area contributed by atoms with Crippen molar-refractivity contribution in [1.29, 1.82) is 0 Å². The zero-order valence-electron chi connectivity index (χ0n) is 8.59. The highest BCUT2D eigenvalue weighted by atomic mass is 14.2. The van der Waals surface area contributed by atoms with Crippen molar-refractivity contribution in [3.8, 4) is 0 Å². The van der Waals surface area contributed by atoms with Crippen molar-refractivity contribution < 1.29 is 0 Å². The first-order valence-corrected chi connectivity index (χ1v) is 4.98. The van der Waals surface area contributed by atoms with E-state index in [1.165, 1.54) is 23.1 Å². The molecular formula is C13H16. The Morgan fingerprint density at radius 3 is 2.46 bits per heavy atom. The van der Waals surface area contributed by atoms with Crippen LogP contribution in [0.15, 0.2) is 29.8 Å². The molecule has 0 saturated heterocycles. The fourth-order valence-corrected chi connectivity index (χ4v) is 2.19. The molecule has 0 heterocycles. The molecule has 1 aliphatic carbocycles. The lowest BCUT2D eigenvalue weighted by Crippen LogP contribution is -1.94. The van der Waals surface area contributed by atoms with Crippen molar-refractivity contribution in [3.63, 3.8) is 0 Å². The average Bonchev–Trinajstić information content (AvgIpc) is 2.45. The number of benzene rings is 1. The van der Waals surface area contributed by atoms with Gasteiger partial charge in [0, 0.05) is 0 Å². The van der Waals surface area contributed by atoms with Gasteiger partial charge in [-0.3, -0.25) is 0 Å². The van der Waals surface area contributed by atoms with E-state index >= 15 is 0 Å². The van der Waals surface area contributed by atoms with Gasteiger partial charge >= 0.3 is 0 Å². The third-order valence-electron chi connectivity index (χ3n) is 2.98. The predicted molar refractivity (Wildman–Crippen MR) is 57.6 cm³/mol. The van der Waals surface area contributed by atoms with E-state index in [0.717, 1.165) is 0 Å². The predicted octanol–water partition coefficient (Wildman–Crippen LogP) is 3.67. The Balaban J connectivity index is 2.47. The molecule has 0 atom stereocenters. The van der Waals surface area contributed by atoms with Crippen LogP contribution in [0.4, 0.5) is 0 Å². The summed E-state index contributed by atoms with van der Waals surface area (Å²) in [5.74, 6) is 0.687. The van der Waals surface area contributed by atoms with Crippen LogP contribution >= 0.6 is 0 Å². The van der Waals surface area contributed by atoms with Crippen molar-refractivity contribution in [3.05, 3.63) is 41.0 Å². The first-order chi connectivity index (χ1) is 6.20. The highest BCUT2D eigenvalue weighted by Gasteiger charge is 2.19. The average molecular weight is 172 g/mol. The molecule has 0 heteroatoms. The van der Waals surface area contributed by atoms with Gasteiger partial charge in [-0.1, -0.05) is 43.7 Å². The van der Waals surface area contributed by atoms with Crippen LogP contribution in [0.5, 0.6) is 0 Å². The first kappa shape index (κ1) is 8.55. The van der Waals surface area contributed by atoms with E-state index in [9.17, 15) is 0 Å². The fraction of sp³-hybridized carbons (Fsp3) is 0.385. The van der Waals surface area contributed by atoms with Crippen molar-refractivity contribution in [1.82, 2.24) is 0 Å². The van der Waals surface area contributed by atoms with Crippen LogP contribution in [0.2, 0.25) is 0 Å². The Hall–Kier alpha value is -1.04. The summed E-state index contributed by atoms with van der Waals surface area (Å²) in [6.07, 6.45) is 1.17. The van der Waals surface area contributed by atoms with Gasteiger partial charge in [0.05, 0.1) is 0 Å². The maximum absolute atomic E-state index is 2.28. The van der Waals surface area contributed by atoms with Gasteiger partial charge in [-0.15, -0.1) is 0 Å². The largest absolute Gasteiger partial charge is 0.0619 e. The Labute approximate surface area is 80.3 Å². The molecule has 68 valence electrons. The summed E-state index contributed by atoms with van der Waals surface area (Å²) >= 11 is 0. The summed E-state index contributed by atoms with van der Waals surface area (Å²) in [5, 5.41) is 0. The Bertz CT molecular complexity index is 356. The standard InChI is InChI=1S/C13H16/c1-9(2)13-8-11-6-4-5-7-12(11)10(13)3/h4-7,9H,8H2,1-3H3. The van der Waals surface area contributed by atoms with Crippen LogP contribution in [0, 0.1) is 5.92 Å². The summed E-state index contributed by atoms with van der Waals surface area (Å²) in [6.45, 7) is 6.82. The molecule has 0 radical (unpaired) electrons. The molecule has 0 N–H and O–H groups in total. The summed E-state index contributed by atoms with van der Waals surface area (Å²) in [4.78, 5) is 0. The molecule has 0 aromatic heterocycles. The molecule has 0 unspecified atom stereocenters. The number of allylic oxidation sites excluding steroid dienone is 2. The monoisotopic (exact) mass is 172 g/mol. The molecule has 1 aromatic carbocycles. The molecule has 13 heavy (non-hydrogen) atoms. The zero-order chi connectivity index (χ0) is 9.42. The van der Waals surface area contributed by atoms with E-state index < -0.39 is 0 Å². The first-order valence-electron chi connectivity index (χ1n) is 4.98. The van der Waals surface area contributed by atoms with Crippen molar-refractivity contribution >= 4 is 5.57 Å². The third-order valence-corrected chi connectivity index (χ3v) is 2.98. The summed E-state index contributed by atoms with van der Waals surface area (Å²) < 4.78 is 0. The molecule has 0 spiro atoms. The van der Waals surface area contributed by atoms with Gasteiger partial charge in [-0.25, -0.2) is 0 Å². The van der Waals surface area contributed by atoms with Crippen LogP contribution in [-0.2, 0) is 6.42 Å². The number of fused-ring (bicyclic) bond motifs is 1. The summed E-state index contributed by atoms with van der Waals surface area (Å²) in [7, 11) is 0. The van der Waals surface area contributed by atoms with Crippen LogP contribution in [0.3, 0.4) is 0 Å². The Kier molecular flexibility index (Phi) is 1.99. The van der Waals surface area contributed by atoms with E-state index in [0.29, 0.717) is 5.92 Å². The van der Waals surface area contributed by atoms with Gasteiger partial charge in [0.1, 0.15) is 0 Å². The van der Waals surface area contributed by atoms with Crippen molar-refractivity contribution in [2.75, 3.05) is 0 Å². The molecular weight excluding hydrogens is 156 g/mol. The number of rotatable bonds is 1. The van der Waals surface area contributed by atoms with Crippen molar-refractivity contribution in [2.24, 2.45) is 5.92 Å². The molecule has 1 aromatic rings. The van der Waals surface area contributed by atoms with E-state index in [-0.39, 0.29) is 0 Å². The molecule has 0 amide bonds. The van der Waals surface area contributed by atoms with Crippen LogP contribution in [0.1, 0.15) is 31.9 Å². The van der Waals surface area contributed by atoms with Gasteiger partial charge in [0.25, 0.3) is 0 Å². The van der Waals surface area contributed by atoms with E-state index in [1.807, 2.05) is 0 Å². The van der Waals surface area contributed by atoms with Gasteiger partial charge in [-0.2, -0.15) is 0 Å². The van der Waals surface area contributed by atoms with E-state index in [2.05, 4.69) is 45.0 Å². The number of hydrogen-bond donors (Lipinski definition) is 0. The topological polar surface area (TPSA) is 0 Å². The van der Waals surface area contributed by atoms with Gasteiger partial charge in [-0.05, 0) is 36.0 Å². The minimum atomic E-state index is 0.687. The smallest absolute Gasteiger partial charge is 0.00526 e. The van der Waals surface area contributed by atoms with Crippen LogP contribution in [0.25, 0.3) is 5.57 Å². The number of hydrogen-bond acceptors (Lipinski definition) is 0. The fourth-order valence-electron chi connectivity index (χ4n) is 2.19. The molecule has 0 aliphatic heterocycles. The minimum absolute atomic E-state index is 0.687. The van der Waals surface area contributed by atoms with E-state index in [1.54, 1.807) is 5.57 Å². The Morgan fingerprint density at radius 1 is 1.15 bits per heavy atom. The Morgan fingerprint density at radius 2 is 1.85 bits per heavy atom. The molecule has 0 saturated carbocycles. The van der Waals surface area contributed by atoms with E-state index in [4.69, 9.17) is 0 Å². The molecule has 2 rings (SSSR count). The summed E-state index contributed by atoms with van der Waals surface area (Å²) in [5.41, 5.74) is 6.08. The second kappa shape index (κ2) is 3.02. The third kappa shape index (κ3) is 1.31. The normalized spacial score (nSPS) is 15.4. The molecule has 0 fully saturated rings. The SMILES string of the molecule is CC1=C(C(C)C)Cc2ccccc21. The molecule has 1 aliphatic rings. The highest BCUT2D eigenvalue weighted by Crippen LogP contribution is 2.35. The van der Waals surface area contributed by atoms with Crippen LogP contribution < -0.4 is 0 Å². The van der Waals surface area contributed by atoms with Crippen LogP contribution in [-0.4, -0.2) is 0 Å². The molecule has 0 nitrogen and oxygen atoms in total. The van der Waals surface area contributed by atoms with Gasteiger partial charge in [0.15, 0.2) is 0 Å². The lowest BCUT2D eigenvalue weighted by Gasteiger charge is -2.06. The minimum Gasteiger partial charge on any atom is -0.0619 e. The second-order valence-electron chi connectivity index (χ2n) is 4.14. The lowest BCUT2D eigenvalue weighted by molar-refractivity contribution is 0.751. The lowest BCUT2D eigenvalue weighted by atomic mass is 9.99. The quantitative estimate of drug-likeness (QED) is 0.606. The van der Waals surface area contributed by atoms with Gasteiger partial charge < -0.3 is 0 Å². The second-order valence-corrected chi connectivity index (χ2v) is 4.14. The zero-order valence-corrected chi connectivity index (χ0v) is 8.59. The highest BCUT2D eigenvalue weighted by molar-refractivity contribution is 5.75.